The van der Waals surface area contributed by atoms with Gasteiger partial charge in [0.2, 0.25) is 0 Å². The van der Waals surface area contributed by atoms with Crippen LogP contribution in [-0.2, 0) is 0 Å². The van der Waals surface area contributed by atoms with E-state index in [1.807, 2.05) is 0 Å². The van der Waals surface area contributed by atoms with Crippen molar-refractivity contribution in [2.75, 3.05) is 13.2 Å². The number of nitrogens with one attached hydrogen (secondary N) is 1. The number of aromatic amines is 1. The second-order valence-electron chi connectivity index (χ2n) is 3.16. The highest BCUT2D eigenvalue weighted by Gasteiger charge is 2.12. The lowest BCUT2D eigenvalue weighted by molar-refractivity contribution is 0.0692. The standard InChI is InChI=1S/C10H10N2O4/c13-3-4-16-6-1-2-7-8(5-6)11-12-9(7)10(14)15/h1-2,5,13H,3-4H2,(H,11,12)(H,14,15). The summed E-state index contributed by atoms with van der Waals surface area (Å²) < 4.78 is 5.19. The first-order valence-electron chi connectivity index (χ1n) is 4.67. The number of H-pyrrole nitrogens is 1. The second kappa shape index (κ2) is 4.19. The van der Waals surface area contributed by atoms with Crippen LogP contribution in [0.15, 0.2) is 18.2 Å². The number of benzene rings is 1. The summed E-state index contributed by atoms with van der Waals surface area (Å²) in [7, 11) is 0. The van der Waals surface area contributed by atoms with Crippen molar-refractivity contribution in [1.29, 1.82) is 0 Å². The quantitative estimate of drug-likeness (QED) is 0.705. The predicted octanol–water partition coefficient (Wildman–Crippen LogP) is 0.632. The Labute approximate surface area is 90.5 Å². The van der Waals surface area contributed by atoms with Gasteiger partial charge in [0, 0.05) is 11.5 Å². The van der Waals surface area contributed by atoms with Crippen LogP contribution in [0.5, 0.6) is 5.75 Å². The van der Waals surface area contributed by atoms with Crippen molar-refractivity contribution in [2.24, 2.45) is 0 Å². The predicted molar refractivity (Wildman–Crippen MR) is 55.6 cm³/mol. The Balaban J connectivity index is 2.37. The highest BCUT2D eigenvalue weighted by Crippen LogP contribution is 2.21. The van der Waals surface area contributed by atoms with Crippen LogP contribution in [0.2, 0.25) is 0 Å². The summed E-state index contributed by atoms with van der Waals surface area (Å²) in [4.78, 5) is 10.8. The number of nitrogens with zero attached hydrogens (tertiary/aromatic N) is 1. The zero-order chi connectivity index (χ0) is 11.5. The molecule has 3 N–H and O–H groups in total. The molecule has 0 atom stereocenters. The zero-order valence-electron chi connectivity index (χ0n) is 8.30. The summed E-state index contributed by atoms with van der Waals surface area (Å²) in [5, 5.41) is 24.3. The van der Waals surface area contributed by atoms with Crippen LogP contribution in [0, 0.1) is 0 Å². The molecule has 1 aromatic heterocycles. The van der Waals surface area contributed by atoms with Gasteiger partial charge in [0.05, 0.1) is 12.1 Å². The van der Waals surface area contributed by atoms with Crippen LogP contribution in [0.4, 0.5) is 0 Å². The Hall–Kier alpha value is -2.08. The molecule has 0 aliphatic carbocycles. The van der Waals surface area contributed by atoms with Crippen molar-refractivity contribution < 1.29 is 19.7 Å². The zero-order valence-corrected chi connectivity index (χ0v) is 8.30. The van der Waals surface area contributed by atoms with Gasteiger partial charge in [-0.25, -0.2) is 4.79 Å². The number of carboxylic acid groups (broad SMARTS) is 1. The fourth-order valence-corrected chi connectivity index (χ4v) is 1.42. The van der Waals surface area contributed by atoms with Crippen LogP contribution in [0.3, 0.4) is 0 Å². The molecule has 84 valence electrons. The highest BCUT2D eigenvalue weighted by molar-refractivity contribution is 6.01. The molecule has 16 heavy (non-hydrogen) atoms. The minimum absolute atomic E-state index is 0.0105. The molecule has 2 rings (SSSR count). The van der Waals surface area contributed by atoms with Crippen LogP contribution in [0.25, 0.3) is 10.9 Å². The number of carboxylic acids is 1. The van der Waals surface area contributed by atoms with Crippen molar-refractivity contribution in [3.05, 3.63) is 23.9 Å². The number of hydrogen-bond donors (Lipinski definition) is 3. The van der Waals surface area contributed by atoms with Crippen LogP contribution in [0.1, 0.15) is 10.5 Å². The molecular weight excluding hydrogens is 212 g/mol. The monoisotopic (exact) mass is 222 g/mol. The van der Waals surface area contributed by atoms with Gasteiger partial charge in [-0.05, 0) is 12.1 Å². The Bertz CT molecular complexity index is 521. The normalized spacial score (nSPS) is 10.6. The second-order valence-corrected chi connectivity index (χ2v) is 3.16. The molecule has 0 saturated heterocycles. The molecule has 1 aromatic carbocycles. The number of hydrogen-bond acceptors (Lipinski definition) is 4. The maximum Gasteiger partial charge on any atom is 0.357 e. The fraction of sp³-hybridized carbons (Fsp3) is 0.200. The van der Waals surface area contributed by atoms with Crippen LogP contribution in [-0.4, -0.2) is 39.6 Å². The maximum absolute atomic E-state index is 10.8. The summed E-state index contributed by atoms with van der Waals surface area (Å²) in [5.41, 5.74) is 0.580. The van der Waals surface area contributed by atoms with Crippen molar-refractivity contribution in [1.82, 2.24) is 10.2 Å². The van der Waals surface area contributed by atoms with Crippen molar-refractivity contribution >= 4 is 16.9 Å². The van der Waals surface area contributed by atoms with Crippen LogP contribution < -0.4 is 4.74 Å². The third-order valence-corrected chi connectivity index (χ3v) is 2.10. The molecule has 1 heterocycles. The molecule has 2 aromatic rings. The first kappa shape index (κ1) is 10.4. The van der Waals surface area contributed by atoms with E-state index in [1.165, 1.54) is 0 Å². The minimum atomic E-state index is -1.07. The van der Waals surface area contributed by atoms with Gasteiger partial charge in [-0.3, -0.25) is 5.10 Å². The fourth-order valence-electron chi connectivity index (χ4n) is 1.42. The Morgan fingerprint density at radius 1 is 1.50 bits per heavy atom. The summed E-state index contributed by atoms with van der Waals surface area (Å²) in [6.45, 7) is 0.132. The van der Waals surface area contributed by atoms with E-state index >= 15 is 0 Å². The van der Waals surface area contributed by atoms with Gasteiger partial charge in [-0.2, -0.15) is 5.10 Å². The number of carbonyl (C=O) groups is 1. The smallest absolute Gasteiger partial charge is 0.357 e. The van der Waals surface area contributed by atoms with Gasteiger partial charge in [0.1, 0.15) is 12.4 Å². The summed E-state index contributed by atoms with van der Waals surface area (Å²) in [5.74, 6) is -0.516. The molecule has 0 unspecified atom stereocenters. The number of ether oxygens (including phenoxy) is 1. The third-order valence-electron chi connectivity index (χ3n) is 2.10. The first-order chi connectivity index (χ1) is 7.72. The molecule has 6 nitrogen and oxygen atoms in total. The van der Waals surface area contributed by atoms with Crippen molar-refractivity contribution in [2.45, 2.75) is 0 Å². The minimum Gasteiger partial charge on any atom is -0.491 e. The molecule has 0 saturated carbocycles. The van der Waals surface area contributed by atoms with Crippen molar-refractivity contribution in [3.8, 4) is 5.75 Å². The highest BCUT2D eigenvalue weighted by atomic mass is 16.5. The van der Waals surface area contributed by atoms with Gasteiger partial charge < -0.3 is 14.9 Å². The third kappa shape index (κ3) is 1.82. The van der Waals surface area contributed by atoms with Gasteiger partial charge in [0.15, 0.2) is 5.69 Å². The Kier molecular flexibility index (Phi) is 2.74. The number of aliphatic hydroxyl groups excluding tert-OH is 1. The summed E-state index contributed by atoms with van der Waals surface area (Å²) in [6, 6.07) is 4.90. The number of aliphatic hydroxyl groups is 1. The topological polar surface area (TPSA) is 95.4 Å². The van der Waals surface area contributed by atoms with E-state index in [-0.39, 0.29) is 18.9 Å². The van der Waals surface area contributed by atoms with E-state index in [9.17, 15) is 4.79 Å². The van der Waals surface area contributed by atoms with E-state index in [2.05, 4.69) is 10.2 Å². The first-order valence-corrected chi connectivity index (χ1v) is 4.67. The Morgan fingerprint density at radius 2 is 2.31 bits per heavy atom. The molecule has 0 bridgehead atoms. The largest absolute Gasteiger partial charge is 0.491 e. The van der Waals surface area contributed by atoms with E-state index < -0.39 is 5.97 Å². The average molecular weight is 222 g/mol. The number of fused-ring (bicyclic) bond motifs is 1. The molecule has 6 heteroatoms. The lowest BCUT2D eigenvalue weighted by Gasteiger charge is -2.03. The summed E-state index contributed by atoms with van der Waals surface area (Å²) >= 11 is 0. The van der Waals surface area contributed by atoms with E-state index in [0.29, 0.717) is 16.7 Å². The average Bonchev–Trinajstić information content (AvgIpc) is 2.69. The van der Waals surface area contributed by atoms with Gasteiger partial charge in [0.25, 0.3) is 0 Å². The van der Waals surface area contributed by atoms with Gasteiger partial charge in [-0.1, -0.05) is 0 Å². The van der Waals surface area contributed by atoms with E-state index in [0.717, 1.165) is 0 Å². The lowest BCUT2D eigenvalue weighted by atomic mass is 10.2. The van der Waals surface area contributed by atoms with E-state index in [1.54, 1.807) is 18.2 Å². The molecule has 0 amide bonds. The molecule has 0 spiro atoms. The molecule has 0 radical (unpaired) electrons. The molecular formula is C10H10N2O4. The van der Waals surface area contributed by atoms with Crippen molar-refractivity contribution in [3.63, 3.8) is 0 Å². The maximum atomic E-state index is 10.8. The molecule has 0 aliphatic heterocycles. The van der Waals surface area contributed by atoms with Crippen LogP contribution >= 0.6 is 0 Å². The SMILES string of the molecule is O=C(O)c1n[nH]c2cc(OCCO)ccc12. The Morgan fingerprint density at radius 3 is 3.00 bits per heavy atom. The lowest BCUT2D eigenvalue weighted by Crippen LogP contribution is -2.01. The molecule has 0 aliphatic rings. The van der Waals surface area contributed by atoms with Gasteiger partial charge >= 0.3 is 5.97 Å². The number of aromatic carboxylic acids is 1. The van der Waals surface area contributed by atoms with E-state index in [4.69, 9.17) is 14.9 Å². The number of rotatable bonds is 4. The number of aromatic nitrogens is 2. The summed E-state index contributed by atoms with van der Waals surface area (Å²) in [6.07, 6.45) is 0. The molecule has 0 fully saturated rings. The van der Waals surface area contributed by atoms with Gasteiger partial charge in [-0.15, -0.1) is 0 Å².